The maximum atomic E-state index is 13.5. The summed E-state index contributed by atoms with van der Waals surface area (Å²) >= 11 is 3.32. The van der Waals surface area contributed by atoms with Gasteiger partial charge in [0.1, 0.15) is 17.7 Å². The van der Waals surface area contributed by atoms with Gasteiger partial charge in [-0.2, -0.15) is 0 Å². The van der Waals surface area contributed by atoms with Crippen LogP contribution in [-0.4, -0.2) is 11.9 Å². The molecule has 2 aromatic carbocycles. The summed E-state index contributed by atoms with van der Waals surface area (Å²) in [5.74, 6) is -1.91. The Morgan fingerprint density at radius 3 is 2.43 bits per heavy atom. The van der Waals surface area contributed by atoms with Crippen molar-refractivity contribution in [3.8, 4) is 0 Å². The molecular formula is C15H13BrF2N2O. The van der Waals surface area contributed by atoms with Crippen molar-refractivity contribution in [2.75, 3.05) is 10.6 Å². The molecular weight excluding hydrogens is 342 g/mol. The van der Waals surface area contributed by atoms with Gasteiger partial charge in [0.05, 0.1) is 5.69 Å². The Hall–Kier alpha value is -1.95. The van der Waals surface area contributed by atoms with Crippen LogP contribution >= 0.6 is 15.9 Å². The van der Waals surface area contributed by atoms with Crippen molar-refractivity contribution < 1.29 is 13.6 Å². The number of nitrogens with one attached hydrogen (secondary N) is 2. The van der Waals surface area contributed by atoms with Crippen LogP contribution in [0.25, 0.3) is 0 Å². The Balaban J connectivity index is 2.00. The number of carbonyl (C=O) groups excluding carboxylic acids is 1. The molecule has 110 valence electrons. The number of rotatable bonds is 4. The van der Waals surface area contributed by atoms with Crippen molar-refractivity contribution in [1.82, 2.24) is 0 Å². The lowest BCUT2D eigenvalue weighted by atomic mass is 10.2. The molecule has 2 N–H and O–H groups in total. The summed E-state index contributed by atoms with van der Waals surface area (Å²) in [5.41, 5.74) is 0.714. The minimum atomic E-state index is -0.806. The maximum absolute atomic E-state index is 13.5. The van der Waals surface area contributed by atoms with Gasteiger partial charge in [-0.1, -0.05) is 15.9 Å². The minimum absolute atomic E-state index is 0.0501. The zero-order valence-electron chi connectivity index (χ0n) is 11.2. The van der Waals surface area contributed by atoms with Crippen LogP contribution in [-0.2, 0) is 4.79 Å². The van der Waals surface area contributed by atoms with Gasteiger partial charge < -0.3 is 10.6 Å². The lowest BCUT2D eigenvalue weighted by Crippen LogP contribution is -2.32. The van der Waals surface area contributed by atoms with Crippen LogP contribution in [0.2, 0.25) is 0 Å². The summed E-state index contributed by atoms with van der Waals surface area (Å²) in [7, 11) is 0. The third-order valence-electron chi connectivity index (χ3n) is 2.81. The number of carbonyl (C=O) groups is 1. The Labute approximate surface area is 129 Å². The second kappa shape index (κ2) is 6.67. The molecule has 1 atom stereocenters. The summed E-state index contributed by atoms with van der Waals surface area (Å²) in [6, 6.07) is 9.73. The molecule has 0 saturated heterocycles. The van der Waals surface area contributed by atoms with Crippen LogP contribution < -0.4 is 10.6 Å². The molecule has 0 fully saturated rings. The van der Waals surface area contributed by atoms with Crippen molar-refractivity contribution in [2.45, 2.75) is 13.0 Å². The van der Waals surface area contributed by atoms with Crippen molar-refractivity contribution in [1.29, 1.82) is 0 Å². The highest BCUT2D eigenvalue weighted by molar-refractivity contribution is 9.10. The molecule has 0 unspecified atom stereocenters. The predicted octanol–water partition coefficient (Wildman–Crippen LogP) is 4.17. The van der Waals surface area contributed by atoms with Gasteiger partial charge in [-0.25, -0.2) is 8.78 Å². The molecule has 21 heavy (non-hydrogen) atoms. The first kappa shape index (κ1) is 15.4. The monoisotopic (exact) mass is 354 g/mol. The van der Waals surface area contributed by atoms with E-state index in [4.69, 9.17) is 0 Å². The molecule has 2 aromatic rings. The quantitative estimate of drug-likeness (QED) is 0.865. The van der Waals surface area contributed by atoms with E-state index in [9.17, 15) is 13.6 Å². The fourth-order valence-electron chi connectivity index (χ4n) is 1.69. The molecule has 0 aliphatic heterocycles. The van der Waals surface area contributed by atoms with Crippen LogP contribution in [0, 0.1) is 11.6 Å². The van der Waals surface area contributed by atoms with E-state index < -0.39 is 23.6 Å². The van der Waals surface area contributed by atoms with Crippen molar-refractivity contribution in [2.24, 2.45) is 0 Å². The molecule has 0 saturated carbocycles. The number of hydrogen-bond donors (Lipinski definition) is 2. The highest BCUT2D eigenvalue weighted by Gasteiger charge is 2.15. The minimum Gasteiger partial charge on any atom is -0.374 e. The van der Waals surface area contributed by atoms with Crippen LogP contribution in [0.5, 0.6) is 0 Å². The van der Waals surface area contributed by atoms with E-state index in [1.807, 2.05) is 24.3 Å². The largest absolute Gasteiger partial charge is 0.374 e. The Morgan fingerprint density at radius 2 is 1.81 bits per heavy atom. The lowest BCUT2D eigenvalue weighted by Gasteiger charge is -2.15. The summed E-state index contributed by atoms with van der Waals surface area (Å²) in [4.78, 5) is 12.0. The lowest BCUT2D eigenvalue weighted by molar-refractivity contribution is -0.116. The third-order valence-corrected chi connectivity index (χ3v) is 3.34. The van der Waals surface area contributed by atoms with Gasteiger partial charge in [-0.05, 0) is 43.3 Å². The highest BCUT2D eigenvalue weighted by atomic mass is 79.9. The molecule has 0 radical (unpaired) electrons. The second-order valence-electron chi connectivity index (χ2n) is 4.49. The van der Waals surface area contributed by atoms with E-state index in [1.165, 1.54) is 6.07 Å². The van der Waals surface area contributed by atoms with Crippen LogP contribution in [0.3, 0.4) is 0 Å². The molecule has 1 amide bonds. The van der Waals surface area contributed by atoms with Gasteiger partial charge in [0.2, 0.25) is 5.91 Å². The zero-order chi connectivity index (χ0) is 15.4. The SMILES string of the molecule is C[C@@H](Nc1ccc(Br)cc1)C(=O)Nc1ccc(F)cc1F. The van der Waals surface area contributed by atoms with E-state index in [0.29, 0.717) is 0 Å². The number of hydrogen-bond acceptors (Lipinski definition) is 2. The van der Waals surface area contributed by atoms with E-state index >= 15 is 0 Å². The smallest absolute Gasteiger partial charge is 0.246 e. The molecule has 0 heterocycles. The van der Waals surface area contributed by atoms with Gasteiger partial charge in [0.25, 0.3) is 0 Å². The molecule has 3 nitrogen and oxygen atoms in total. The molecule has 0 bridgehead atoms. The molecule has 6 heteroatoms. The topological polar surface area (TPSA) is 41.1 Å². The van der Waals surface area contributed by atoms with E-state index in [-0.39, 0.29) is 5.69 Å². The van der Waals surface area contributed by atoms with Crippen molar-refractivity contribution >= 4 is 33.2 Å². The first-order chi connectivity index (χ1) is 9.95. The average molecular weight is 355 g/mol. The molecule has 0 aliphatic carbocycles. The second-order valence-corrected chi connectivity index (χ2v) is 5.40. The highest BCUT2D eigenvalue weighted by Crippen LogP contribution is 2.17. The molecule has 0 aromatic heterocycles. The zero-order valence-corrected chi connectivity index (χ0v) is 12.7. The normalized spacial score (nSPS) is 11.8. The van der Waals surface area contributed by atoms with Gasteiger partial charge in [0, 0.05) is 16.2 Å². The standard InChI is InChI=1S/C15H13BrF2N2O/c1-9(19-12-5-2-10(16)3-6-12)15(21)20-14-7-4-11(17)8-13(14)18/h2-9,19H,1H3,(H,20,21)/t9-/m1/s1. The van der Waals surface area contributed by atoms with Gasteiger partial charge in [-0.15, -0.1) is 0 Å². The number of halogens is 3. The summed E-state index contributed by atoms with van der Waals surface area (Å²) < 4.78 is 27.2. The van der Waals surface area contributed by atoms with E-state index in [0.717, 1.165) is 22.3 Å². The summed E-state index contributed by atoms with van der Waals surface area (Å²) in [6.07, 6.45) is 0. The Kier molecular flexibility index (Phi) is 4.90. The van der Waals surface area contributed by atoms with Gasteiger partial charge in [-0.3, -0.25) is 4.79 Å². The summed E-state index contributed by atoms with van der Waals surface area (Å²) in [6.45, 7) is 1.65. The summed E-state index contributed by atoms with van der Waals surface area (Å²) in [5, 5.41) is 5.41. The predicted molar refractivity (Wildman–Crippen MR) is 82.2 cm³/mol. The van der Waals surface area contributed by atoms with Crippen molar-refractivity contribution in [3.05, 3.63) is 58.6 Å². The van der Waals surface area contributed by atoms with Crippen LogP contribution in [0.15, 0.2) is 46.9 Å². The first-order valence-electron chi connectivity index (χ1n) is 6.24. The Bertz CT molecular complexity index is 647. The van der Waals surface area contributed by atoms with Crippen molar-refractivity contribution in [3.63, 3.8) is 0 Å². The van der Waals surface area contributed by atoms with Gasteiger partial charge in [0.15, 0.2) is 0 Å². The maximum Gasteiger partial charge on any atom is 0.246 e. The molecule has 2 rings (SSSR count). The van der Waals surface area contributed by atoms with E-state index in [2.05, 4.69) is 26.6 Å². The number of anilines is 2. The first-order valence-corrected chi connectivity index (χ1v) is 7.03. The van der Waals surface area contributed by atoms with Gasteiger partial charge >= 0.3 is 0 Å². The molecule has 0 aliphatic rings. The fourth-order valence-corrected chi connectivity index (χ4v) is 1.96. The van der Waals surface area contributed by atoms with Crippen LogP contribution in [0.1, 0.15) is 6.92 Å². The third kappa shape index (κ3) is 4.26. The fraction of sp³-hybridized carbons (Fsp3) is 0.133. The average Bonchev–Trinajstić information content (AvgIpc) is 2.44. The Morgan fingerprint density at radius 1 is 1.14 bits per heavy atom. The van der Waals surface area contributed by atoms with E-state index in [1.54, 1.807) is 6.92 Å². The number of amides is 1. The molecule has 0 spiro atoms. The van der Waals surface area contributed by atoms with Crippen LogP contribution in [0.4, 0.5) is 20.2 Å². The number of benzene rings is 2.